The molecule has 0 aromatic heterocycles. The number of methoxy groups -OCH3 is 1. The van der Waals surface area contributed by atoms with E-state index in [1.54, 1.807) is 13.2 Å². The summed E-state index contributed by atoms with van der Waals surface area (Å²) in [6, 6.07) is 5.05. The molecule has 2 rings (SSSR count). The van der Waals surface area contributed by atoms with Crippen molar-refractivity contribution >= 4 is 11.6 Å². The van der Waals surface area contributed by atoms with E-state index in [4.69, 9.17) is 16.3 Å². The summed E-state index contributed by atoms with van der Waals surface area (Å²) in [7, 11) is 1.71. The van der Waals surface area contributed by atoms with Crippen molar-refractivity contribution in [3.05, 3.63) is 34.6 Å². The Bertz CT molecular complexity index is 446. The second-order valence-corrected chi connectivity index (χ2v) is 6.58. The molecule has 0 bridgehead atoms. The van der Waals surface area contributed by atoms with Gasteiger partial charge in [0.25, 0.3) is 0 Å². The van der Waals surface area contributed by atoms with Gasteiger partial charge in [-0.3, -0.25) is 0 Å². The minimum Gasteiger partial charge on any atom is -0.383 e. The lowest BCUT2D eigenvalue weighted by Gasteiger charge is -2.38. The van der Waals surface area contributed by atoms with Crippen LogP contribution >= 0.6 is 11.6 Å². The lowest BCUT2D eigenvalue weighted by Crippen LogP contribution is -2.39. The maximum Gasteiger partial charge on any atom is 0.127 e. The molecule has 4 heteroatoms. The maximum absolute atomic E-state index is 14.1. The normalized spacial score (nSPS) is 17.9. The summed E-state index contributed by atoms with van der Waals surface area (Å²) in [5, 5.41) is 3.94. The molecule has 1 aliphatic carbocycles. The Kier molecular flexibility index (Phi) is 6.46. The lowest BCUT2D eigenvalue weighted by molar-refractivity contribution is 0.161. The van der Waals surface area contributed by atoms with Gasteiger partial charge in [-0.05, 0) is 42.4 Å². The van der Waals surface area contributed by atoms with E-state index < -0.39 is 0 Å². The molecule has 0 radical (unpaired) electrons. The Hall–Kier alpha value is -0.640. The molecule has 0 unspecified atom stereocenters. The summed E-state index contributed by atoms with van der Waals surface area (Å²) in [6.45, 7) is 2.49. The molecule has 1 fully saturated rings. The fraction of sp³-hybridized carbons (Fsp3) is 0.647. The van der Waals surface area contributed by atoms with Crippen LogP contribution < -0.4 is 5.32 Å². The van der Waals surface area contributed by atoms with Gasteiger partial charge in [0.05, 0.1) is 6.61 Å². The van der Waals surface area contributed by atoms with Gasteiger partial charge in [-0.1, -0.05) is 36.9 Å². The molecule has 0 aliphatic heterocycles. The molecule has 0 heterocycles. The summed E-state index contributed by atoms with van der Waals surface area (Å²) in [6.07, 6.45) is 6.88. The minimum atomic E-state index is -0.177. The molecule has 0 saturated heterocycles. The van der Waals surface area contributed by atoms with Crippen LogP contribution in [0.2, 0.25) is 5.02 Å². The maximum atomic E-state index is 14.1. The van der Waals surface area contributed by atoms with Crippen LogP contribution in [0.3, 0.4) is 0 Å². The molecule has 1 N–H and O–H groups in total. The quantitative estimate of drug-likeness (QED) is 0.761. The zero-order chi connectivity index (χ0) is 15.1. The van der Waals surface area contributed by atoms with Crippen molar-refractivity contribution in [2.75, 3.05) is 26.8 Å². The second-order valence-electron chi connectivity index (χ2n) is 6.14. The number of benzene rings is 1. The monoisotopic (exact) mass is 313 g/mol. The van der Waals surface area contributed by atoms with Crippen LogP contribution in [0.1, 0.15) is 37.7 Å². The van der Waals surface area contributed by atoms with Crippen LogP contribution in [0.5, 0.6) is 0 Å². The molecule has 0 atom stereocenters. The SMILES string of the molecule is COCCNCC1(Cc2ccc(Cl)cc2F)CCCCC1. The topological polar surface area (TPSA) is 21.3 Å². The molecule has 1 aromatic carbocycles. The highest BCUT2D eigenvalue weighted by atomic mass is 35.5. The van der Waals surface area contributed by atoms with Crippen LogP contribution in [0.4, 0.5) is 4.39 Å². The number of ether oxygens (including phenoxy) is 1. The summed E-state index contributed by atoms with van der Waals surface area (Å²) in [5.41, 5.74) is 0.954. The van der Waals surface area contributed by atoms with Gasteiger partial charge in [0.2, 0.25) is 0 Å². The zero-order valence-electron chi connectivity index (χ0n) is 12.8. The van der Waals surface area contributed by atoms with Crippen molar-refractivity contribution in [3.63, 3.8) is 0 Å². The van der Waals surface area contributed by atoms with Gasteiger partial charge in [0, 0.05) is 25.2 Å². The first kappa shape index (κ1) is 16.7. The predicted molar refractivity (Wildman–Crippen MR) is 85.4 cm³/mol. The molecule has 21 heavy (non-hydrogen) atoms. The van der Waals surface area contributed by atoms with E-state index in [2.05, 4.69) is 5.32 Å². The van der Waals surface area contributed by atoms with Gasteiger partial charge in [0.1, 0.15) is 5.82 Å². The van der Waals surface area contributed by atoms with E-state index in [0.29, 0.717) is 11.6 Å². The van der Waals surface area contributed by atoms with Gasteiger partial charge in [-0.15, -0.1) is 0 Å². The average molecular weight is 314 g/mol. The van der Waals surface area contributed by atoms with Crippen LogP contribution in [-0.4, -0.2) is 26.8 Å². The highest BCUT2D eigenvalue weighted by Crippen LogP contribution is 2.39. The number of halogens is 2. The van der Waals surface area contributed by atoms with Gasteiger partial charge in [-0.25, -0.2) is 4.39 Å². The Morgan fingerprint density at radius 2 is 2.05 bits per heavy atom. The Balaban J connectivity index is 2.04. The van der Waals surface area contributed by atoms with Crippen LogP contribution in [0.15, 0.2) is 18.2 Å². The standard InChI is InChI=1S/C17H25ClFNO/c1-21-10-9-20-13-17(7-3-2-4-8-17)12-14-5-6-15(18)11-16(14)19/h5-6,11,20H,2-4,7-10,12-13H2,1H3. The fourth-order valence-electron chi connectivity index (χ4n) is 3.31. The first-order valence-corrected chi connectivity index (χ1v) is 8.17. The summed E-state index contributed by atoms with van der Waals surface area (Å²) >= 11 is 5.85. The molecule has 1 aromatic rings. The molecular weight excluding hydrogens is 289 g/mol. The molecule has 118 valence electrons. The third-order valence-corrected chi connectivity index (χ3v) is 4.71. The molecule has 0 spiro atoms. The zero-order valence-corrected chi connectivity index (χ0v) is 13.5. The van der Waals surface area contributed by atoms with Crippen molar-refractivity contribution in [3.8, 4) is 0 Å². The third kappa shape index (κ3) is 4.94. The predicted octanol–water partition coefficient (Wildman–Crippen LogP) is 4.21. The highest BCUT2D eigenvalue weighted by molar-refractivity contribution is 6.30. The van der Waals surface area contributed by atoms with Crippen molar-refractivity contribution in [2.45, 2.75) is 38.5 Å². The van der Waals surface area contributed by atoms with Gasteiger partial charge in [0.15, 0.2) is 0 Å². The van der Waals surface area contributed by atoms with E-state index >= 15 is 0 Å². The highest BCUT2D eigenvalue weighted by Gasteiger charge is 2.32. The third-order valence-electron chi connectivity index (χ3n) is 4.48. The van der Waals surface area contributed by atoms with Crippen molar-refractivity contribution in [1.82, 2.24) is 5.32 Å². The number of rotatable bonds is 7. The van der Waals surface area contributed by atoms with E-state index in [1.165, 1.54) is 25.3 Å². The van der Waals surface area contributed by atoms with Crippen LogP contribution in [0, 0.1) is 11.2 Å². The fourth-order valence-corrected chi connectivity index (χ4v) is 3.47. The smallest absolute Gasteiger partial charge is 0.127 e. The molecule has 1 aliphatic rings. The van der Waals surface area contributed by atoms with Gasteiger partial charge >= 0.3 is 0 Å². The van der Waals surface area contributed by atoms with Crippen molar-refractivity contribution in [1.29, 1.82) is 0 Å². The largest absolute Gasteiger partial charge is 0.383 e. The summed E-state index contributed by atoms with van der Waals surface area (Å²) < 4.78 is 19.2. The lowest BCUT2D eigenvalue weighted by atomic mass is 9.70. The first-order valence-electron chi connectivity index (χ1n) is 7.79. The molecule has 2 nitrogen and oxygen atoms in total. The molecule has 0 amide bonds. The van der Waals surface area contributed by atoms with Gasteiger partial charge < -0.3 is 10.1 Å². The van der Waals surface area contributed by atoms with Crippen LogP contribution in [0.25, 0.3) is 0 Å². The second kappa shape index (κ2) is 8.11. The number of nitrogens with one attached hydrogen (secondary N) is 1. The van der Waals surface area contributed by atoms with Crippen LogP contribution in [-0.2, 0) is 11.2 Å². The van der Waals surface area contributed by atoms with E-state index in [-0.39, 0.29) is 11.2 Å². The Morgan fingerprint density at radius 1 is 1.29 bits per heavy atom. The Labute approximate surface area is 132 Å². The van der Waals surface area contributed by atoms with E-state index in [9.17, 15) is 4.39 Å². The van der Waals surface area contributed by atoms with Crippen molar-refractivity contribution < 1.29 is 9.13 Å². The van der Waals surface area contributed by atoms with Gasteiger partial charge in [-0.2, -0.15) is 0 Å². The first-order chi connectivity index (χ1) is 10.2. The van der Waals surface area contributed by atoms with Crippen molar-refractivity contribution in [2.24, 2.45) is 5.41 Å². The van der Waals surface area contributed by atoms with E-state index in [1.807, 2.05) is 6.07 Å². The van der Waals surface area contributed by atoms with E-state index in [0.717, 1.165) is 37.9 Å². The molecule has 1 saturated carbocycles. The molecular formula is C17H25ClFNO. The number of hydrogen-bond acceptors (Lipinski definition) is 2. The Morgan fingerprint density at radius 3 is 2.71 bits per heavy atom. The summed E-state index contributed by atoms with van der Waals surface area (Å²) in [5.74, 6) is -0.177. The average Bonchev–Trinajstić information content (AvgIpc) is 2.48. The number of hydrogen-bond donors (Lipinski definition) is 1. The minimum absolute atomic E-state index is 0.167. The summed E-state index contributed by atoms with van der Waals surface area (Å²) in [4.78, 5) is 0.